The summed E-state index contributed by atoms with van der Waals surface area (Å²) < 4.78 is 0. The highest BCUT2D eigenvalue weighted by Gasteiger charge is 2.26. The zero-order valence-corrected chi connectivity index (χ0v) is 12.7. The number of hydrogen-bond acceptors (Lipinski definition) is 3. The standard InChI is InChI=1S/C16H25N3O2/c1-3-4-6-9-12(2)18-16(20)14(15(17)19-21)13-10-7-5-8-11-13/h5,7-8,10-12,14,21H,3-4,6,9H2,1-2H3,(H2,17,19)(H,18,20). The first kappa shape index (κ1) is 17.0. The predicted molar refractivity (Wildman–Crippen MR) is 84.3 cm³/mol. The van der Waals surface area contributed by atoms with Crippen LogP contribution in [-0.4, -0.2) is 23.0 Å². The van der Waals surface area contributed by atoms with Crippen LogP contribution in [0.25, 0.3) is 0 Å². The SMILES string of the molecule is CCCCCC(C)NC(=O)C(C(N)=NO)c1ccccc1. The Morgan fingerprint density at radius 3 is 2.57 bits per heavy atom. The predicted octanol–water partition coefficient (Wildman–Crippen LogP) is 2.60. The lowest BCUT2D eigenvalue weighted by Gasteiger charge is -2.19. The molecule has 116 valence electrons. The lowest BCUT2D eigenvalue weighted by Crippen LogP contribution is -2.41. The second-order valence-electron chi connectivity index (χ2n) is 5.27. The van der Waals surface area contributed by atoms with E-state index in [9.17, 15) is 4.79 Å². The van der Waals surface area contributed by atoms with Gasteiger partial charge in [0.05, 0.1) is 0 Å². The van der Waals surface area contributed by atoms with E-state index in [-0.39, 0.29) is 17.8 Å². The van der Waals surface area contributed by atoms with Crippen LogP contribution in [0.2, 0.25) is 0 Å². The van der Waals surface area contributed by atoms with Gasteiger partial charge < -0.3 is 16.3 Å². The molecule has 4 N–H and O–H groups in total. The third-order valence-corrected chi connectivity index (χ3v) is 3.44. The molecule has 0 fully saturated rings. The number of amidine groups is 1. The van der Waals surface area contributed by atoms with Gasteiger partial charge in [-0.25, -0.2) is 0 Å². The molecule has 0 aliphatic rings. The number of oxime groups is 1. The number of benzene rings is 1. The summed E-state index contributed by atoms with van der Waals surface area (Å²) in [5, 5.41) is 14.9. The molecule has 1 aromatic carbocycles. The number of nitrogens with one attached hydrogen (secondary N) is 1. The van der Waals surface area contributed by atoms with Crippen LogP contribution in [0.15, 0.2) is 35.5 Å². The summed E-state index contributed by atoms with van der Waals surface area (Å²) in [6, 6.07) is 9.17. The minimum atomic E-state index is -0.759. The molecule has 5 heteroatoms. The smallest absolute Gasteiger partial charge is 0.235 e. The first-order valence-corrected chi connectivity index (χ1v) is 7.42. The molecule has 0 aromatic heterocycles. The molecule has 0 aliphatic carbocycles. The molecule has 5 nitrogen and oxygen atoms in total. The molecule has 0 aliphatic heterocycles. The van der Waals surface area contributed by atoms with Crippen molar-refractivity contribution in [3.8, 4) is 0 Å². The van der Waals surface area contributed by atoms with Gasteiger partial charge in [0.2, 0.25) is 5.91 Å². The molecule has 1 aromatic rings. The zero-order valence-electron chi connectivity index (χ0n) is 12.7. The second-order valence-corrected chi connectivity index (χ2v) is 5.27. The van der Waals surface area contributed by atoms with Gasteiger partial charge in [-0.1, -0.05) is 61.7 Å². The van der Waals surface area contributed by atoms with Crippen molar-refractivity contribution < 1.29 is 10.0 Å². The number of carbonyl (C=O) groups is 1. The van der Waals surface area contributed by atoms with Gasteiger partial charge in [0.25, 0.3) is 0 Å². The highest BCUT2D eigenvalue weighted by molar-refractivity contribution is 6.07. The Hall–Kier alpha value is -2.04. The van der Waals surface area contributed by atoms with E-state index in [4.69, 9.17) is 10.9 Å². The van der Waals surface area contributed by atoms with Gasteiger partial charge in [0.1, 0.15) is 5.92 Å². The summed E-state index contributed by atoms with van der Waals surface area (Å²) in [5.41, 5.74) is 6.40. The van der Waals surface area contributed by atoms with E-state index in [1.807, 2.05) is 25.1 Å². The van der Waals surface area contributed by atoms with Gasteiger partial charge in [0, 0.05) is 6.04 Å². The number of amides is 1. The van der Waals surface area contributed by atoms with Crippen molar-refractivity contribution in [2.75, 3.05) is 0 Å². The van der Waals surface area contributed by atoms with Crippen molar-refractivity contribution in [3.63, 3.8) is 0 Å². The van der Waals surface area contributed by atoms with Gasteiger partial charge in [0.15, 0.2) is 5.84 Å². The van der Waals surface area contributed by atoms with Crippen LogP contribution in [0.1, 0.15) is 51.0 Å². The lowest BCUT2D eigenvalue weighted by molar-refractivity contribution is -0.121. The maximum atomic E-state index is 12.4. The van der Waals surface area contributed by atoms with Gasteiger partial charge in [-0.2, -0.15) is 0 Å². The molecule has 21 heavy (non-hydrogen) atoms. The van der Waals surface area contributed by atoms with Crippen LogP contribution >= 0.6 is 0 Å². The van der Waals surface area contributed by atoms with E-state index in [0.29, 0.717) is 5.56 Å². The molecule has 2 unspecified atom stereocenters. The fraction of sp³-hybridized carbons (Fsp3) is 0.500. The Bertz CT molecular complexity index is 460. The molecule has 0 saturated heterocycles. The fourth-order valence-electron chi connectivity index (χ4n) is 2.26. The third-order valence-electron chi connectivity index (χ3n) is 3.44. The van der Waals surface area contributed by atoms with Crippen LogP contribution in [0.5, 0.6) is 0 Å². The summed E-state index contributed by atoms with van der Waals surface area (Å²) in [5.74, 6) is -1.09. The topological polar surface area (TPSA) is 87.7 Å². The summed E-state index contributed by atoms with van der Waals surface area (Å²) >= 11 is 0. The molecule has 1 rings (SSSR count). The highest BCUT2D eigenvalue weighted by Crippen LogP contribution is 2.17. The average molecular weight is 291 g/mol. The molecular weight excluding hydrogens is 266 g/mol. The normalized spacial score (nSPS) is 14.5. The van der Waals surface area contributed by atoms with E-state index in [1.54, 1.807) is 12.1 Å². The molecular formula is C16H25N3O2. The first-order valence-electron chi connectivity index (χ1n) is 7.42. The first-order chi connectivity index (χ1) is 10.1. The molecule has 2 atom stereocenters. The number of rotatable bonds is 8. The number of unbranched alkanes of at least 4 members (excludes halogenated alkanes) is 2. The Labute approximate surface area is 126 Å². The molecule has 0 radical (unpaired) electrons. The Morgan fingerprint density at radius 1 is 1.33 bits per heavy atom. The summed E-state index contributed by atoms with van der Waals surface area (Å²) in [7, 11) is 0. The van der Waals surface area contributed by atoms with Gasteiger partial charge >= 0.3 is 0 Å². The van der Waals surface area contributed by atoms with E-state index >= 15 is 0 Å². The van der Waals surface area contributed by atoms with E-state index < -0.39 is 5.92 Å². The maximum absolute atomic E-state index is 12.4. The molecule has 1 amide bonds. The summed E-state index contributed by atoms with van der Waals surface area (Å²) in [4.78, 5) is 12.4. The largest absolute Gasteiger partial charge is 0.409 e. The van der Waals surface area contributed by atoms with Crippen LogP contribution in [-0.2, 0) is 4.79 Å². The van der Waals surface area contributed by atoms with Crippen molar-refractivity contribution in [1.82, 2.24) is 5.32 Å². The molecule has 0 heterocycles. The Kier molecular flexibility index (Phi) is 7.29. The molecule has 0 spiro atoms. The van der Waals surface area contributed by atoms with E-state index in [0.717, 1.165) is 25.7 Å². The minimum Gasteiger partial charge on any atom is -0.409 e. The van der Waals surface area contributed by atoms with Crippen LogP contribution < -0.4 is 11.1 Å². The Morgan fingerprint density at radius 2 is 2.00 bits per heavy atom. The van der Waals surface area contributed by atoms with Crippen LogP contribution in [0.4, 0.5) is 0 Å². The summed E-state index contributed by atoms with van der Waals surface area (Å²) in [6.07, 6.45) is 4.31. The lowest BCUT2D eigenvalue weighted by atomic mass is 9.96. The fourth-order valence-corrected chi connectivity index (χ4v) is 2.26. The van der Waals surface area contributed by atoms with Crippen LogP contribution in [0.3, 0.4) is 0 Å². The monoisotopic (exact) mass is 291 g/mol. The van der Waals surface area contributed by atoms with Crippen molar-refractivity contribution >= 4 is 11.7 Å². The second kappa shape index (κ2) is 9.00. The third kappa shape index (κ3) is 5.45. The quantitative estimate of drug-likeness (QED) is 0.226. The number of nitrogens with zero attached hydrogens (tertiary/aromatic N) is 1. The minimum absolute atomic E-state index is 0.0711. The van der Waals surface area contributed by atoms with Gasteiger partial charge in [-0.3, -0.25) is 4.79 Å². The van der Waals surface area contributed by atoms with Gasteiger partial charge in [-0.15, -0.1) is 0 Å². The molecule has 0 saturated carbocycles. The van der Waals surface area contributed by atoms with Crippen molar-refractivity contribution in [1.29, 1.82) is 0 Å². The van der Waals surface area contributed by atoms with E-state index in [1.165, 1.54) is 0 Å². The molecule has 0 bridgehead atoms. The highest BCUT2D eigenvalue weighted by atomic mass is 16.4. The average Bonchev–Trinajstić information content (AvgIpc) is 2.48. The summed E-state index contributed by atoms with van der Waals surface area (Å²) in [6.45, 7) is 4.12. The zero-order chi connectivity index (χ0) is 15.7. The van der Waals surface area contributed by atoms with Gasteiger partial charge in [-0.05, 0) is 18.9 Å². The van der Waals surface area contributed by atoms with Crippen LogP contribution in [0, 0.1) is 0 Å². The van der Waals surface area contributed by atoms with Crippen molar-refractivity contribution in [3.05, 3.63) is 35.9 Å². The van der Waals surface area contributed by atoms with Crippen molar-refractivity contribution in [2.24, 2.45) is 10.9 Å². The maximum Gasteiger partial charge on any atom is 0.235 e. The van der Waals surface area contributed by atoms with E-state index in [2.05, 4.69) is 17.4 Å². The Balaban J connectivity index is 2.74. The number of hydrogen-bond donors (Lipinski definition) is 3. The van der Waals surface area contributed by atoms with Crippen molar-refractivity contribution in [2.45, 2.75) is 51.5 Å². The number of carbonyl (C=O) groups excluding carboxylic acids is 1. The number of nitrogens with two attached hydrogens (primary N) is 1.